The van der Waals surface area contributed by atoms with E-state index >= 15 is 0 Å². The van der Waals surface area contributed by atoms with Crippen LogP contribution in [-0.2, 0) is 6.42 Å². The number of carboxylic acids is 1. The summed E-state index contributed by atoms with van der Waals surface area (Å²) in [5.41, 5.74) is 1.37. The average Bonchev–Trinajstić information content (AvgIpc) is 2.84. The highest BCUT2D eigenvalue weighted by Gasteiger charge is 2.21. The number of carbonyl (C=O) groups is 1. The molecule has 0 spiro atoms. The van der Waals surface area contributed by atoms with E-state index < -0.39 is 5.97 Å². The van der Waals surface area contributed by atoms with Gasteiger partial charge in [-0.25, -0.2) is 9.78 Å². The van der Waals surface area contributed by atoms with E-state index in [9.17, 15) is 4.79 Å². The molecule has 0 aliphatic heterocycles. The molecule has 2 heterocycles. The maximum atomic E-state index is 11.0. The fourth-order valence-corrected chi connectivity index (χ4v) is 2.63. The number of aromatic nitrogens is 1. The van der Waals surface area contributed by atoms with Crippen molar-refractivity contribution in [2.75, 3.05) is 0 Å². The van der Waals surface area contributed by atoms with Gasteiger partial charge in [0.2, 0.25) is 11.7 Å². The van der Waals surface area contributed by atoms with Gasteiger partial charge in [0, 0.05) is 0 Å². The molecule has 0 aliphatic carbocycles. The Morgan fingerprint density at radius 1 is 1.65 bits per heavy atom. The molecule has 0 saturated heterocycles. The van der Waals surface area contributed by atoms with Crippen molar-refractivity contribution < 1.29 is 14.3 Å². The summed E-state index contributed by atoms with van der Waals surface area (Å²) in [7, 11) is 0. The second kappa shape index (κ2) is 4.50. The molecule has 4 nitrogen and oxygen atoms in total. The fraction of sp³-hybridized carbons (Fsp3) is 0.273. The minimum atomic E-state index is -1.11. The minimum absolute atomic E-state index is 0.107. The Hall–Kier alpha value is -1.33. The summed E-state index contributed by atoms with van der Waals surface area (Å²) in [6.45, 7) is 3.71. The maximum Gasteiger partial charge on any atom is 0.373 e. The molecule has 0 fully saturated rings. The molecule has 90 valence electrons. The van der Waals surface area contributed by atoms with Crippen LogP contribution in [0.2, 0.25) is 5.02 Å². The zero-order chi connectivity index (χ0) is 12.6. The Morgan fingerprint density at radius 2 is 2.35 bits per heavy atom. The molecule has 2 aromatic rings. The van der Waals surface area contributed by atoms with Crippen LogP contribution in [0.3, 0.4) is 0 Å². The maximum absolute atomic E-state index is 11.0. The second-order valence-corrected chi connectivity index (χ2v) is 4.77. The highest BCUT2D eigenvalue weighted by atomic mass is 35.5. The topological polar surface area (TPSA) is 63.3 Å². The van der Waals surface area contributed by atoms with Crippen LogP contribution in [0.15, 0.2) is 9.80 Å². The average molecular weight is 272 g/mol. The van der Waals surface area contributed by atoms with Crippen LogP contribution in [0, 0.1) is 6.92 Å². The van der Waals surface area contributed by atoms with Crippen molar-refractivity contribution >= 4 is 28.9 Å². The number of carboxylic acid groups (broad SMARTS) is 1. The first kappa shape index (κ1) is 12.1. The summed E-state index contributed by atoms with van der Waals surface area (Å²) in [5, 5.41) is 11.4. The van der Waals surface area contributed by atoms with E-state index in [0.717, 1.165) is 5.56 Å². The number of halogens is 1. The van der Waals surface area contributed by atoms with Crippen LogP contribution in [0.25, 0.3) is 10.8 Å². The molecule has 0 aliphatic rings. The third-order valence-corrected chi connectivity index (χ3v) is 4.00. The van der Waals surface area contributed by atoms with Gasteiger partial charge in [-0.2, -0.15) is 0 Å². The predicted octanol–water partition coefficient (Wildman–Crippen LogP) is 3.63. The summed E-state index contributed by atoms with van der Waals surface area (Å²) in [6.07, 6.45) is 0.507. The Bertz CT molecular complexity index is 573. The highest BCUT2D eigenvalue weighted by Crippen LogP contribution is 2.36. The fourth-order valence-electron chi connectivity index (χ4n) is 1.43. The first-order valence-corrected chi connectivity index (χ1v) is 6.27. The molecule has 2 rings (SSSR count). The van der Waals surface area contributed by atoms with E-state index in [4.69, 9.17) is 21.1 Å². The third-order valence-electron chi connectivity index (χ3n) is 2.32. The summed E-state index contributed by atoms with van der Waals surface area (Å²) in [6, 6.07) is 0. The minimum Gasteiger partial charge on any atom is -0.475 e. The van der Waals surface area contributed by atoms with Gasteiger partial charge >= 0.3 is 5.97 Å². The standard InChI is InChI=1S/C11H10ClNO3S/c1-3-6-8(11(14)15)16-10(13-6)9-7(12)5(2)4-17-9/h4H,3H2,1-2H3,(H,14,15). The van der Waals surface area contributed by atoms with Gasteiger partial charge in [-0.1, -0.05) is 18.5 Å². The molecule has 0 unspecified atom stereocenters. The molecule has 0 saturated carbocycles. The zero-order valence-electron chi connectivity index (χ0n) is 9.28. The van der Waals surface area contributed by atoms with Crippen LogP contribution in [-0.4, -0.2) is 16.1 Å². The molecule has 0 atom stereocenters. The first-order valence-electron chi connectivity index (χ1n) is 5.01. The zero-order valence-corrected chi connectivity index (χ0v) is 10.9. The van der Waals surface area contributed by atoms with Crippen LogP contribution in [0.4, 0.5) is 0 Å². The Balaban J connectivity index is 2.54. The summed E-state index contributed by atoms with van der Waals surface area (Å²) >= 11 is 7.48. The third kappa shape index (κ3) is 2.08. The van der Waals surface area contributed by atoms with Gasteiger partial charge < -0.3 is 9.52 Å². The molecule has 0 radical (unpaired) electrons. The van der Waals surface area contributed by atoms with Crippen molar-refractivity contribution in [3.63, 3.8) is 0 Å². The monoisotopic (exact) mass is 271 g/mol. The van der Waals surface area contributed by atoms with Crippen LogP contribution in [0.5, 0.6) is 0 Å². The van der Waals surface area contributed by atoms with Crippen molar-refractivity contribution in [1.29, 1.82) is 0 Å². The number of aryl methyl sites for hydroxylation is 2. The number of aromatic carboxylic acids is 1. The van der Waals surface area contributed by atoms with E-state index in [1.54, 1.807) is 0 Å². The van der Waals surface area contributed by atoms with Gasteiger partial charge in [-0.05, 0) is 24.3 Å². The van der Waals surface area contributed by atoms with Crippen molar-refractivity contribution in [3.8, 4) is 10.8 Å². The number of rotatable bonds is 3. The van der Waals surface area contributed by atoms with E-state index in [2.05, 4.69) is 4.98 Å². The number of nitrogens with zero attached hydrogens (tertiary/aromatic N) is 1. The van der Waals surface area contributed by atoms with Gasteiger partial charge in [0.25, 0.3) is 0 Å². The van der Waals surface area contributed by atoms with E-state index in [0.29, 0.717) is 22.0 Å². The van der Waals surface area contributed by atoms with Gasteiger partial charge in [0.05, 0.1) is 10.7 Å². The smallest absolute Gasteiger partial charge is 0.373 e. The summed E-state index contributed by atoms with van der Waals surface area (Å²) in [5.74, 6) is -0.933. The molecule has 6 heteroatoms. The molecular weight excluding hydrogens is 262 g/mol. The quantitative estimate of drug-likeness (QED) is 0.926. The lowest BCUT2D eigenvalue weighted by Gasteiger charge is -1.91. The van der Waals surface area contributed by atoms with E-state index in [1.165, 1.54) is 11.3 Å². The van der Waals surface area contributed by atoms with Gasteiger partial charge in [0.1, 0.15) is 4.88 Å². The van der Waals surface area contributed by atoms with Gasteiger partial charge in [0.15, 0.2) is 0 Å². The SMILES string of the molecule is CCc1nc(-c2scc(C)c2Cl)oc1C(=O)O. The van der Waals surface area contributed by atoms with Crippen molar-refractivity contribution in [1.82, 2.24) is 4.98 Å². The van der Waals surface area contributed by atoms with Crippen LogP contribution in [0.1, 0.15) is 28.7 Å². The lowest BCUT2D eigenvalue weighted by atomic mass is 10.3. The Kier molecular flexibility index (Phi) is 3.22. The normalized spacial score (nSPS) is 10.8. The van der Waals surface area contributed by atoms with Crippen molar-refractivity contribution in [2.45, 2.75) is 20.3 Å². The molecule has 0 amide bonds. The molecule has 2 aromatic heterocycles. The Morgan fingerprint density at radius 3 is 2.76 bits per heavy atom. The molecular formula is C11H10ClNO3S. The summed E-state index contributed by atoms with van der Waals surface area (Å²) in [4.78, 5) is 15.8. The summed E-state index contributed by atoms with van der Waals surface area (Å²) < 4.78 is 5.26. The highest BCUT2D eigenvalue weighted by molar-refractivity contribution is 7.14. The van der Waals surface area contributed by atoms with Gasteiger partial charge in [-0.3, -0.25) is 0 Å². The lowest BCUT2D eigenvalue weighted by molar-refractivity contribution is 0.0662. The van der Waals surface area contributed by atoms with Crippen molar-refractivity contribution in [2.24, 2.45) is 0 Å². The van der Waals surface area contributed by atoms with Gasteiger partial charge in [-0.15, -0.1) is 11.3 Å². The number of hydrogen-bond acceptors (Lipinski definition) is 4. The molecule has 0 aromatic carbocycles. The molecule has 1 N–H and O–H groups in total. The number of hydrogen-bond donors (Lipinski definition) is 1. The van der Waals surface area contributed by atoms with E-state index in [-0.39, 0.29) is 11.7 Å². The number of oxazole rings is 1. The van der Waals surface area contributed by atoms with Crippen LogP contribution < -0.4 is 0 Å². The lowest BCUT2D eigenvalue weighted by Crippen LogP contribution is -1.98. The number of thiophene rings is 1. The molecule has 0 bridgehead atoms. The van der Waals surface area contributed by atoms with Crippen molar-refractivity contribution in [3.05, 3.63) is 27.4 Å². The van der Waals surface area contributed by atoms with Crippen LogP contribution >= 0.6 is 22.9 Å². The van der Waals surface area contributed by atoms with E-state index in [1.807, 2.05) is 19.2 Å². The second-order valence-electron chi connectivity index (χ2n) is 3.52. The predicted molar refractivity (Wildman–Crippen MR) is 65.9 cm³/mol. The first-order chi connectivity index (χ1) is 8.04. The largest absolute Gasteiger partial charge is 0.475 e. The Labute approximate surface area is 107 Å². The molecule has 17 heavy (non-hydrogen) atoms.